The Morgan fingerprint density at radius 2 is 2.26 bits per heavy atom. The van der Waals surface area contributed by atoms with Gasteiger partial charge in [-0.05, 0) is 40.5 Å². The van der Waals surface area contributed by atoms with Gasteiger partial charge in [-0.3, -0.25) is 0 Å². The minimum absolute atomic E-state index is 0.297. The molecule has 0 unspecified atom stereocenters. The molecule has 0 saturated carbocycles. The van der Waals surface area contributed by atoms with Crippen molar-refractivity contribution >= 4 is 27.3 Å². The van der Waals surface area contributed by atoms with Crippen molar-refractivity contribution in [3.05, 3.63) is 38.3 Å². The van der Waals surface area contributed by atoms with Crippen LogP contribution in [0.4, 0.5) is 0 Å². The van der Waals surface area contributed by atoms with Crippen LogP contribution < -0.4 is 14.8 Å². The van der Waals surface area contributed by atoms with Crippen LogP contribution in [0.3, 0.4) is 0 Å². The van der Waals surface area contributed by atoms with Crippen LogP contribution in [0.5, 0.6) is 11.5 Å². The summed E-state index contributed by atoms with van der Waals surface area (Å²) < 4.78 is 11.7. The first-order valence-corrected chi connectivity index (χ1v) is 7.59. The lowest BCUT2D eigenvalue weighted by atomic mass is 10.2. The number of thiazole rings is 1. The zero-order valence-electron chi connectivity index (χ0n) is 10.4. The highest BCUT2D eigenvalue weighted by Crippen LogP contribution is 2.39. The molecule has 0 spiro atoms. The fourth-order valence-corrected chi connectivity index (χ4v) is 3.29. The van der Waals surface area contributed by atoms with Crippen LogP contribution in [-0.2, 0) is 13.1 Å². The average Bonchev–Trinajstić information content (AvgIpc) is 2.99. The average molecular weight is 341 g/mol. The summed E-state index contributed by atoms with van der Waals surface area (Å²) in [6.45, 7) is 3.95. The van der Waals surface area contributed by atoms with Crippen LogP contribution in [-0.4, -0.2) is 11.8 Å². The highest BCUT2D eigenvalue weighted by atomic mass is 79.9. The Hall–Kier alpha value is -1.11. The summed E-state index contributed by atoms with van der Waals surface area (Å²) in [4.78, 5) is 5.52. The standard InChI is InChI=1S/C13H13BrN2O2S/c1-8-12(19-6-16-8)5-15-4-9-2-10(14)13-11(3-9)17-7-18-13/h2-3,6,15H,4-5,7H2,1H3. The Morgan fingerprint density at radius 3 is 3.05 bits per heavy atom. The molecule has 1 N–H and O–H groups in total. The number of nitrogens with one attached hydrogen (secondary N) is 1. The number of rotatable bonds is 4. The zero-order valence-corrected chi connectivity index (χ0v) is 12.8. The van der Waals surface area contributed by atoms with Crippen molar-refractivity contribution in [1.29, 1.82) is 0 Å². The van der Waals surface area contributed by atoms with E-state index < -0.39 is 0 Å². The smallest absolute Gasteiger partial charge is 0.231 e. The number of ether oxygens (including phenoxy) is 2. The Morgan fingerprint density at radius 1 is 1.37 bits per heavy atom. The number of aryl methyl sites for hydroxylation is 1. The largest absolute Gasteiger partial charge is 0.454 e. The van der Waals surface area contributed by atoms with E-state index in [1.54, 1.807) is 11.3 Å². The van der Waals surface area contributed by atoms with E-state index in [0.717, 1.165) is 34.8 Å². The van der Waals surface area contributed by atoms with Gasteiger partial charge >= 0.3 is 0 Å². The number of fused-ring (bicyclic) bond motifs is 1. The van der Waals surface area contributed by atoms with E-state index in [0.29, 0.717) is 6.79 Å². The molecule has 4 nitrogen and oxygen atoms in total. The third-order valence-corrected chi connectivity index (χ3v) is 4.47. The number of benzene rings is 1. The van der Waals surface area contributed by atoms with Gasteiger partial charge in [0.05, 0.1) is 15.7 Å². The number of hydrogen-bond donors (Lipinski definition) is 1. The predicted octanol–water partition coefficient (Wildman–Crippen LogP) is 3.23. The molecule has 0 bridgehead atoms. The molecule has 19 heavy (non-hydrogen) atoms. The van der Waals surface area contributed by atoms with Gasteiger partial charge in [-0.15, -0.1) is 11.3 Å². The Kier molecular flexibility index (Phi) is 3.72. The highest BCUT2D eigenvalue weighted by molar-refractivity contribution is 9.10. The van der Waals surface area contributed by atoms with Crippen LogP contribution in [0.25, 0.3) is 0 Å². The van der Waals surface area contributed by atoms with Crippen LogP contribution in [0.2, 0.25) is 0 Å². The second-order valence-electron chi connectivity index (χ2n) is 4.28. The quantitative estimate of drug-likeness (QED) is 0.927. The molecule has 1 aromatic heterocycles. The van der Waals surface area contributed by atoms with Crippen molar-refractivity contribution in [2.45, 2.75) is 20.0 Å². The van der Waals surface area contributed by atoms with Crippen molar-refractivity contribution in [3.63, 3.8) is 0 Å². The summed E-state index contributed by atoms with van der Waals surface area (Å²) in [5, 5.41) is 3.42. The van der Waals surface area contributed by atoms with E-state index in [-0.39, 0.29) is 0 Å². The number of nitrogens with zero attached hydrogens (tertiary/aromatic N) is 1. The summed E-state index contributed by atoms with van der Waals surface area (Å²) in [5.74, 6) is 1.60. The summed E-state index contributed by atoms with van der Waals surface area (Å²) in [6, 6.07) is 4.07. The SMILES string of the molecule is Cc1ncsc1CNCc1cc(Br)c2c(c1)OCO2. The second-order valence-corrected chi connectivity index (χ2v) is 6.07. The molecule has 6 heteroatoms. The fourth-order valence-electron chi connectivity index (χ4n) is 1.94. The third-order valence-electron chi connectivity index (χ3n) is 2.95. The zero-order chi connectivity index (χ0) is 13.2. The first-order chi connectivity index (χ1) is 9.24. The van der Waals surface area contributed by atoms with Crippen molar-refractivity contribution < 1.29 is 9.47 Å². The van der Waals surface area contributed by atoms with E-state index in [1.807, 2.05) is 18.5 Å². The first kappa shape index (κ1) is 12.9. The van der Waals surface area contributed by atoms with Gasteiger partial charge in [-0.2, -0.15) is 0 Å². The molecular formula is C13H13BrN2O2S. The molecule has 0 radical (unpaired) electrons. The topological polar surface area (TPSA) is 43.4 Å². The fraction of sp³-hybridized carbons (Fsp3) is 0.308. The first-order valence-electron chi connectivity index (χ1n) is 5.92. The minimum Gasteiger partial charge on any atom is -0.454 e. The van der Waals surface area contributed by atoms with Gasteiger partial charge in [-0.1, -0.05) is 0 Å². The summed E-state index contributed by atoms with van der Waals surface area (Å²) in [6.07, 6.45) is 0. The summed E-state index contributed by atoms with van der Waals surface area (Å²) >= 11 is 5.18. The Bertz CT molecular complexity index is 600. The maximum Gasteiger partial charge on any atom is 0.231 e. The van der Waals surface area contributed by atoms with E-state index in [9.17, 15) is 0 Å². The molecule has 1 aliphatic rings. The molecule has 2 aromatic rings. The molecule has 0 aliphatic carbocycles. The van der Waals surface area contributed by atoms with E-state index in [1.165, 1.54) is 10.4 Å². The number of aromatic nitrogens is 1. The molecule has 2 heterocycles. The maximum atomic E-state index is 5.40. The molecule has 3 rings (SSSR count). The van der Waals surface area contributed by atoms with Gasteiger partial charge in [0.2, 0.25) is 6.79 Å². The molecule has 1 aromatic carbocycles. The number of halogens is 1. The van der Waals surface area contributed by atoms with Gasteiger partial charge in [0.1, 0.15) is 0 Å². The number of hydrogen-bond acceptors (Lipinski definition) is 5. The molecule has 0 amide bonds. The molecule has 1 aliphatic heterocycles. The summed E-state index contributed by atoms with van der Waals surface area (Å²) in [7, 11) is 0. The summed E-state index contributed by atoms with van der Waals surface area (Å²) in [5.41, 5.74) is 4.14. The second kappa shape index (κ2) is 5.48. The van der Waals surface area contributed by atoms with Crippen LogP contribution in [0.1, 0.15) is 16.1 Å². The van der Waals surface area contributed by atoms with Crippen LogP contribution >= 0.6 is 27.3 Å². The van der Waals surface area contributed by atoms with Gasteiger partial charge in [0.15, 0.2) is 11.5 Å². The van der Waals surface area contributed by atoms with E-state index in [2.05, 4.69) is 32.3 Å². The van der Waals surface area contributed by atoms with Gasteiger partial charge < -0.3 is 14.8 Å². The Labute approximate surface area is 123 Å². The highest BCUT2D eigenvalue weighted by Gasteiger charge is 2.17. The van der Waals surface area contributed by atoms with Gasteiger partial charge in [0.25, 0.3) is 0 Å². The van der Waals surface area contributed by atoms with Crippen molar-refractivity contribution in [2.75, 3.05) is 6.79 Å². The lowest BCUT2D eigenvalue weighted by Gasteiger charge is -2.07. The van der Waals surface area contributed by atoms with Gasteiger partial charge in [0, 0.05) is 18.0 Å². The maximum absolute atomic E-state index is 5.40. The lowest BCUT2D eigenvalue weighted by molar-refractivity contribution is 0.173. The minimum atomic E-state index is 0.297. The van der Waals surface area contributed by atoms with Crippen molar-refractivity contribution in [2.24, 2.45) is 0 Å². The molecular weight excluding hydrogens is 328 g/mol. The molecule has 0 atom stereocenters. The van der Waals surface area contributed by atoms with Crippen molar-refractivity contribution in [1.82, 2.24) is 10.3 Å². The van der Waals surface area contributed by atoms with E-state index in [4.69, 9.17) is 9.47 Å². The predicted molar refractivity (Wildman–Crippen MR) is 77.7 cm³/mol. The van der Waals surface area contributed by atoms with Crippen LogP contribution in [0.15, 0.2) is 22.1 Å². The molecule has 0 saturated heterocycles. The van der Waals surface area contributed by atoms with E-state index >= 15 is 0 Å². The molecule has 100 valence electrons. The van der Waals surface area contributed by atoms with Crippen molar-refractivity contribution in [3.8, 4) is 11.5 Å². The van der Waals surface area contributed by atoms with Gasteiger partial charge in [-0.25, -0.2) is 4.98 Å². The Balaban J connectivity index is 1.65. The third kappa shape index (κ3) is 2.75. The molecule has 0 fully saturated rings. The lowest BCUT2D eigenvalue weighted by Crippen LogP contribution is -2.12. The van der Waals surface area contributed by atoms with Crippen LogP contribution in [0, 0.1) is 6.92 Å². The monoisotopic (exact) mass is 340 g/mol. The normalized spacial score (nSPS) is 12.9.